The summed E-state index contributed by atoms with van der Waals surface area (Å²) in [7, 11) is 0. The fourth-order valence-corrected chi connectivity index (χ4v) is 1.14. The average molecular weight is 184 g/mol. The molecule has 0 aromatic heterocycles. The van der Waals surface area contributed by atoms with E-state index in [4.69, 9.17) is 5.11 Å². The SMILES string of the molecule is CC(=O)C1=C(C(C)=O)C(O)OC1=O. The first-order valence-electron chi connectivity index (χ1n) is 3.60. The van der Waals surface area contributed by atoms with Crippen LogP contribution >= 0.6 is 0 Å². The van der Waals surface area contributed by atoms with Gasteiger partial charge >= 0.3 is 5.97 Å². The predicted molar refractivity (Wildman–Crippen MR) is 40.5 cm³/mol. The number of hydrogen-bond donors (Lipinski definition) is 1. The standard InChI is InChI=1S/C8H8O5/c1-3(9)5-6(4(2)10)8(12)13-7(5)11/h7,11H,1-2H3. The molecule has 0 aromatic rings. The Balaban J connectivity index is 3.26. The van der Waals surface area contributed by atoms with Crippen molar-refractivity contribution < 1.29 is 24.2 Å². The lowest BCUT2D eigenvalue weighted by Crippen LogP contribution is -2.14. The third-order valence-electron chi connectivity index (χ3n) is 1.67. The molecule has 0 fully saturated rings. The van der Waals surface area contributed by atoms with Gasteiger partial charge in [0.05, 0.1) is 5.57 Å². The average Bonchev–Trinajstić information content (AvgIpc) is 2.24. The number of ketones is 2. The van der Waals surface area contributed by atoms with E-state index in [1.807, 2.05) is 0 Å². The first-order chi connectivity index (χ1) is 5.95. The second-order valence-corrected chi connectivity index (χ2v) is 2.66. The van der Waals surface area contributed by atoms with Gasteiger partial charge in [-0.3, -0.25) is 9.59 Å². The van der Waals surface area contributed by atoms with E-state index in [1.165, 1.54) is 0 Å². The molecule has 1 aliphatic heterocycles. The molecule has 1 heterocycles. The van der Waals surface area contributed by atoms with E-state index >= 15 is 0 Å². The maximum absolute atomic E-state index is 10.9. The van der Waals surface area contributed by atoms with Crippen molar-refractivity contribution in [3.63, 3.8) is 0 Å². The molecule has 0 aromatic carbocycles. The largest absolute Gasteiger partial charge is 0.428 e. The number of cyclic esters (lactones) is 1. The van der Waals surface area contributed by atoms with Gasteiger partial charge in [-0.2, -0.15) is 0 Å². The molecule has 0 spiro atoms. The van der Waals surface area contributed by atoms with Crippen LogP contribution in [0.3, 0.4) is 0 Å². The van der Waals surface area contributed by atoms with E-state index in [-0.39, 0.29) is 11.1 Å². The van der Waals surface area contributed by atoms with E-state index in [2.05, 4.69) is 4.74 Å². The normalized spacial score (nSPS) is 21.8. The van der Waals surface area contributed by atoms with Gasteiger partial charge in [-0.05, 0) is 13.8 Å². The molecule has 5 nitrogen and oxygen atoms in total. The summed E-state index contributed by atoms with van der Waals surface area (Å²) in [5.74, 6) is -2.06. The molecule has 0 saturated heterocycles. The molecule has 1 atom stereocenters. The summed E-state index contributed by atoms with van der Waals surface area (Å²) in [6.07, 6.45) is -1.59. The Bertz CT molecular complexity index is 325. The van der Waals surface area contributed by atoms with Crippen LogP contribution in [0, 0.1) is 0 Å². The van der Waals surface area contributed by atoms with Crippen molar-refractivity contribution in [1.82, 2.24) is 0 Å². The molecule has 0 saturated carbocycles. The lowest BCUT2D eigenvalue weighted by atomic mass is 10.0. The van der Waals surface area contributed by atoms with Crippen molar-refractivity contribution in [2.24, 2.45) is 0 Å². The molecular weight excluding hydrogens is 176 g/mol. The second kappa shape index (κ2) is 3.10. The zero-order valence-corrected chi connectivity index (χ0v) is 7.16. The van der Waals surface area contributed by atoms with Crippen LogP contribution in [-0.4, -0.2) is 28.9 Å². The van der Waals surface area contributed by atoms with Crippen molar-refractivity contribution in [2.45, 2.75) is 20.1 Å². The molecular formula is C8H8O5. The van der Waals surface area contributed by atoms with E-state index < -0.39 is 23.8 Å². The van der Waals surface area contributed by atoms with Crippen LogP contribution in [-0.2, 0) is 19.1 Å². The van der Waals surface area contributed by atoms with Crippen molar-refractivity contribution >= 4 is 17.5 Å². The molecule has 0 radical (unpaired) electrons. The highest BCUT2D eigenvalue weighted by Gasteiger charge is 2.37. The van der Waals surface area contributed by atoms with Gasteiger partial charge in [0.2, 0.25) is 6.29 Å². The van der Waals surface area contributed by atoms with Crippen LogP contribution in [0.2, 0.25) is 0 Å². The first-order valence-corrected chi connectivity index (χ1v) is 3.60. The summed E-state index contributed by atoms with van der Waals surface area (Å²) in [5.41, 5.74) is -0.600. The molecule has 0 amide bonds. The minimum atomic E-state index is -1.59. The van der Waals surface area contributed by atoms with Crippen molar-refractivity contribution in [3.8, 4) is 0 Å². The lowest BCUT2D eigenvalue weighted by molar-refractivity contribution is -0.152. The Morgan fingerprint density at radius 2 is 1.85 bits per heavy atom. The van der Waals surface area contributed by atoms with Crippen LogP contribution in [0.4, 0.5) is 0 Å². The third kappa shape index (κ3) is 1.50. The summed E-state index contributed by atoms with van der Waals surface area (Å²) in [5, 5.41) is 9.08. The number of aliphatic hydroxyl groups excluding tert-OH is 1. The first kappa shape index (κ1) is 9.60. The van der Waals surface area contributed by atoms with Gasteiger partial charge in [0.1, 0.15) is 5.57 Å². The Morgan fingerprint density at radius 3 is 2.15 bits per heavy atom. The maximum Gasteiger partial charge on any atom is 0.344 e. The zero-order valence-electron chi connectivity index (χ0n) is 7.16. The second-order valence-electron chi connectivity index (χ2n) is 2.66. The fraction of sp³-hybridized carbons (Fsp3) is 0.375. The number of hydrogen-bond acceptors (Lipinski definition) is 5. The van der Waals surface area contributed by atoms with Gasteiger partial charge in [0, 0.05) is 0 Å². The highest BCUT2D eigenvalue weighted by atomic mass is 16.6. The van der Waals surface area contributed by atoms with Crippen molar-refractivity contribution in [2.75, 3.05) is 0 Å². The van der Waals surface area contributed by atoms with Gasteiger partial charge in [-0.15, -0.1) is 0 Å². The zero-order chi connectivity index (χ0) is 10.2. The highest BCUT2D eigenvalue weighted by Crippen LogP contribution is 2.22. The monoisotopic (exact) mass is 184 g/mol. The number of ether oxygens (including phenoxy) is 1. The summed E-state index contributed by atoms with van der Waals surface area (Å²) in [4.78, 5) is 32.7. The summed E-state index contributed by atoms with van der Waals surface area (Å²) in [6.45, 7) is 2.29. The lowest BCUT2D eigenvalue weighted by Gasteiger charge is -2.01. The topological polar surface area (TPSA) is 80.7 Å². The predicted octanol–water partition coefficient (Wildman–Crippen LogP) is -0.664. The van der Waals surface area contributed by atoms with Gasteiger partial charge in [0.15, 0.2) is 11.6 Å². The van der Waals surface area contributed by atoms with Crippen LogP contribution < -0.4 is 0 Å². The molecule has 0 aliphatic carbocycles. The van der Waals surface area contributed by atoms with E-state index in [0.717, 1.165) is 13.8 Å². The van der Waals surface area contributed by atoms with Crippen LogP contribution in [0.1, 0.15) is 13.8 Å². The minimum Gasteiger partial charge on any atom is -0.428 e. The highest BCUT2D eigenvalue weighted by molar-refractivity contribution is 6.23. The third-order valence-corrected chi connectivity index (χ3v) is 1.67. The molecule has 1 N–H and O–H groups in total. The quantitative estimate of drug-likeness (QED) is 0.455. The van der Waals surface area contributed by atoms with Gasteiger partial charge in [-0.1, -0.05) is 0 Å². The Morgan fingerprint density at radius 1 is 1.31 bits per heavy atom. The summed E-state index contributed by atoms with van der Waals surface area (Å²) < 4.78 is 4.31. The number of aliphatic hydroxyl groups is 1. The number of carbonyl (C=O) groups excluding carboxylic acids is 3. The molecule has 1 rings (SSSR count). The number of carbonyl (C=O) groups is 3. The summed E-state index contributed by atoms with van der Waals surface area (Å²) >= 11 is 0. The van der Waals surface area contributed by atoms with Crippen LogP contribution in [0.25, 0.3) is 0 Å². The van der Waals surface area contributed by atoms with Crippen molar-refractivity contribution in [1.29, 1.82) is 0 Å². The number of rotatable bonds is 2. The molecule has 5 heteroatoms. The number of esters is 1. The molecule has 13 heavy (non-hydrogen) atoms. The van der Waals surface area contributed by atoms with E-state index in [9.17, 15) is 14.4 Å². The van der Waals surface area contributed by atoms with Gasteiger partial charge < -0.3 is 9.84 Å². The molecule has 1 aliphatic rings. The Kier molecular flexibility index (Phi) is 2.29. The van der Waals surface area contributed by atoms with Crippen LogP contribution in [0.5, 0.6) is 0 Å². The molecule has 70 valence electrons. The van der Waals surface area contributed by atoms with E-state index in [0.29, 0.717) is 0 Å². The van der Waals surface area contributed by atoms with Gasteiger partial charge in [-0.25, -0.2) is 4.79 Å². The van der Waals surface area contributed by atoms with Gasteiger partial charge in [0.25, 0.3) is 0 Å². The Labute approximate surface area is 74.0 Å². The Hall–Kier alpha value is -1.49. The molecule has 0 bridgehead atoms. The summed E-state index contributed by atoms with van der Waals surface area (Å²) in [6, 6.07) is 0. The smallest absolute Gasteiger partial charge is 0.344 e. The fourth-order valence-electron chi connectivity index (χ4n) is 1.14. The van der Waals surface area contributed by atoms with Crippen LogP contribution in [0.15, 0.2) is 11.1 Å². The maximum atomic E-state index is 10.9. The van der Waals surface area contributed by atoms with Crippen molar-refractivity contribution in [3.05, 3.63) is 11.1 Å². The molecule has 1 unspecified atom stereocenters. The van der Waals surface area contributed by atoms with E-state index in [1.54, 1.807) is 0 Å². The minimum absolute atomic E-state index is 0.252. The number of Topliss-reactive ketones (excluding diaryl/α,β-unsaturated/α-hetero) is 2.